The molecular weight excluding hydrogens is 196 g/mol. The van der Waals surface area contributed by atoms with Gasteiger partial charge in [0.05, 0.1) is 6.10 Å². The van der Waals surface area contributed by atoms with E-state index in [9.17, 15) is 5.11 Å². The van der Waals surface area contributed by atoms with Crippen molar-refractivity contribution in [2.45, 2.75) is 79.8 Å². The standard InChI is InChI=1S/C15H32O/c1-7-13(11-12(3)4)14(16)9-10-15(5,6)8-2/h12-14,16H,7-11H2,1-6H3. The van der Waals surface area contributed by atoms with Crippen LogP contribution >= 0.6 is 0 Å². The SMILES string of the molecule is CCC(CC(C)C)C(O)CCC(C)(C)CC. The number of aliphatic hydroxyl groups excluding tert-OH is 1. The maximum atomic E-state index is 10.2. The molecule has 0 rings (SSSR count). The molecule has 0 saturated carbocycles. The lowest BCUT2D eigenvalue weighted by Gasteiger charge is -2.28. The fourth-order valence-corrected chi connectivity index (χ4v) is 2.15. The maximum absolute atomic E-state index is 10.2. The van der Waals surface area contributed by atoms with E-state index in [0.29, 0.717) is 17.3 Å². The fourth-order valence-electron chi connectivity index (χ4n) is 2.15. The van der Waals surface area contributed by atoms with E-state index in [-0.39, 0.29) is 6.10 Å². The zero-order chi connectivity index (χ0) is 12.8. The minimum absolute atomic E-state index is 0.0989. The van der Waals surface area contributed by atoms with E-state index < -0.39 is 0 Å². The van der Waals surface area contributed by atoms with Gasteiger partial charge in [-0.05, 0) is 36.5 Å². The highest BCUT2D eigenvalue weighted by Gasteiger charge is 2.22. The van der Waals surface area contributed by atoms with E-state index >= 15 is 0 Å². The van der Waals surface area contributed by atoms with Crippen molar-refractivity contribution in [1.82, 2.24) is 0 Å². The van der Waals surface area contributed by atoms with Gasteiger partial charge in [0.1, 0.15) is 0 Å². The summed E-state index contributed by atoms with van der Waals surface area (Å²) in [4.78, 5) is 0. The first-order valence-electron chi connectivity index (χ1n) is 7.00. The summed E-state index contributed by atoms with van der Waals surface area (Å²) in [6, 6.07) is 0. The molecule has 0 aromatic heterocycles. The summed E-state index contributed by atoms with van der Waals surface area (Å²) in [6.07, 6.45) is 5.46. The smallest absolute Gasteiger partial charge is 0.0568 e. The summed E-state index contributed by atoms with van der Waals surface area (Å²) >= 11 is 0. The van der Waals surface area contributed by atoms with Crippen LogP contribution in [0.1, 0.15) is 73.6 Å². The van der Waals surface area contributed by atoms with Gasteiger partial charge in [-0.2, -0.15) is 0 Å². The molecule has 0 fully saturated rings. The predicted molar refractivity (Wildman–Crippen MR) is 72.5 cm³/mol. The maximum Gasteiger partial charge on any atom is 0.0568 e. The molecule has 0 heterocycles. The number of hydrogen-bond donors (Lipinski definition) is 1. The normalized spacial score (nSPS) is 16.5. The number of rotatable bonds is 8. The van der Waals surface area contributed by atoms with Gasteiger partial charge < -0.3 is 5.11 Å². The lowest BCUT2D eigenvalue weighted by molar-refractivity contribution is 0.0710. The minimum atomic E-state index is -0.0989. The molecule has 0 aliphatic carbocycles. The van der Waals surface area contributed by atoms with Crippen LogP contribution in [0.3, 0.4) is 0 Å². The van der Waals surface area contributed by atoms with Crippen molar-refractivity contribution in [3.05, 3.63) is 0 Å². The summed E-state index contributed by atoms with van der Waals surface area (Å²) in [5, 5.41) is 10.2. The van der Waals surface area contributed by atoms with Gasteiger partial charge in [-0.3, -0.25) is 0 Å². The summed E-state index contributed by atoms with van der Waals surface area (Å²) in [5.41, 5.74) is 0.386. The molecule has 0 spiro atoms. The largest absolute Gasteiger partial charge is 0.393 e. The Hall–Kier alpha value is -0.0400. The van der Waals surface area contributed by atoms with Crippen molar-refractivity contribution in [3.63, 3.8) is 0 Å². The molecule has 2 atom stereocenters. The Morgan fingerprint density at radius 3 is 2.06 bits per heavy atom. The first-order chi connectivity index (χ1) is 7.32. The van der Waals surface area contributed by atoms with E-state index in [1.54, 1.807) is 0 Å². The molecule has 0 amide bonds. The molecule has 0 bridgehead atoms. The molecule has 98 valence electrons. The lowest BCUT2D eigenvalue weighted by atomic mass is 9.81. The fraction of sp³-hybridized carbons (Fsp3) is 1.00. The molecule has 1 heteroatoms. The van der Waals surface area contributed by atoms with Crippen LogP contribution in [-0.4, -0.2) is 11.2 Å². The van der Waals surface area contributed by atoms with Gasteiger partial charge in [0.2, 0.25) is 0 Å². The number of aliphatic hydroxyl groups is 1. The minimum Gasteiger partial charge on any atom is -0.393 e. The van der Waals surface area contributed by atoms with Crippen LogP contribution in [0, 0.1) is 17.3 Å². The van der Waals surface area contributed by atoms with E-state index in [2.05, 4.69) is 41.5 Å². The van der Waals surface area contributed by atoms with Crippen molar-refractivity contribution in [2.24, 2.45) is 17.3 Å². The second-order valence-electron chi connectivity index (χ2n) is 6.42. The summed E-state index contributed by atoms with van der Waals surface area (Å²) in [6.45, 7) is 13.5. The second-order valence-corrected chi connectivity index (χ2v) is 6.42. The third kappa shape index (κ3) is 6.52. The zero-order valence-electron chi connectivity index (χ0n) is 12.2. The van der Waals surface area contributed by atoms with Gasteiger partial charge in [-0.25, -0.2) is 0 Å². The van der Waals surface area contributed by atoms with Crippen molar-refractivity contribution in [2.75, 3.05) is 0 Å². The van der Waals surface area contributed by atoms with Crippen LogP contribution in [0.25, 0.3) is 0 Å². The van der Waals surface area contributed by atoms with Gasteiger partial charge >= 0.3 is 0 Å². The van der Waals surface area contributed by atoms with E-state index in [4.69, 9.17) is 0 Å². The summed E-state index contributed by atoms with van der Waals surface area (Å²) in [7, 11) is 0. The van der Waals surface area contributed by atoms with E-state index in [1.165, 1.54) is 6.42 Å². The molecule has 0 aromatic rings. The molecule has 0 aliphatic heterocycles. The van der Waals surface area contributed by atoms with Crippen molar-refractivity contribution in [1.29, 1.82) is 0 Å². The second kappa shape index (κ2) is 7.32. The zero-order valence-corrected chi connectivity index (χ0v) is 12.2. The topological polar surface area (TPSA) is 20.2 Å². The molecule has 1 N–H and O–H groups in total. The Balaban J connectivity index is 4.06. The van der Waals surface area contributed by atoms with Gasteiger partial charge in [-0.1, -0.05) is 54.4 Å². The van der Waals surface area contributed by atoms with Gasteiger partial charge in [-0.15, -0.1) is 0 Å². The van der Waals surface area contributed by atoms with Crippen LogP contribution in [0.2, 0.25) is 0 Å². The highest BCUT2D eigenvalue weighted by Crippen LogP contribution is 2.30. The molecular formula is C15H32O. The summed E-state index contributed by atoms with van der Waals surface area (Å²) < 4.78 is 0. The molecule has 0 radical (unpaired) electrons. The van der Waals surface area contributed by atoms with E-state index in [1.807, 2.05) is 0 Å². The average Bonchev–Trinajstić information content (AvgIpc) is 2.22. The number of hydrogen-bond acceptors (Lipinski definition) is 1. The van der Waals surface area contributed by atoms with Gasteiger partial charge in [0, 0.05) is 0 Å². The van der Waals surface area contributed by atoms with Crippen molar-refractivity contribution >= 4 is 0 Å². The Morgan fingerprint density at radius 2 is 1.69 bits per heavy atom. The van der Waals surface area contributed by atoms with Crippen molar-refractivity contribution in [3.8, 4) is 0 Å². The molecule has 0 aliphatic rings. The average molecular weight is 228 g/mol. The van der Waals surface area contributed by atoms with E-state index in [0.717, 1.165) is 25.7 Å². The Bertz CT molecular complexity index is 172. The van der Waals surface area contributed by atoms with Gasteiger partial charge in [0.15, 0.2) is 0 Å². The van der Waals surface area contributed by atoms with Crippen LogP contribution in [0.15, 0.2) is 0 Å². The van der Waals surface area contributed by atoms with Crippen molar-refractivity contribution < 1.29 is 5.11 Å². The Morgan fingerprint density at radius 1 is 1.12 bits per heavy atom. The molecule has 0 saturated heterocycles. The molecule has 1 nitrogen and oxygen atoms in total. The Kier molecular flexibility index (Phi) is 7.30. The third-order valence-corrected chi connectivity index (χ3v) is 3.92. The predicted octanol–water partition coefficient (Wildman–Crippen LogP) is 4.64. The summed E-state index contributed by atoms with van der Waals surface area (Å²) in [5.74, 6) is 1.19. The third-order valence-electron chi connectivity index (χ3n) is 3.92. The van der Waals surface area contributed by atoms with Gasteiger partial charge in [0.25, 0.3) is 0 Å². The highest BCUT2D eigenvalue weighted by atomic mass is 16.3. The van der Waals surface area contributed by atoms with Crippen LogP contribution in [0.5, 0.6) is 0 Å². The monoisotopic (exact) mass is 228 g/mol. The first kappa shape index (κ1) is 16.0. The van der Waals surface area contributed by atoms with Crippen LogP contribution < -0.4 is 0 Å². The highest BCUT2D eigenvalue weighted by molar-refractivity contribution is 4.74. The Labute approximate surface area is 103 Å². The van der Waals surface area contributed by atoms with Crippen LogP contribution in [-0.2, 0) is 0 Å². The molecule has 16 heavy (non-hydrogen) atoms. The lowest BCUT2D eigenvalue weighted by Crippen LogP contribution is -2.24. The quantitative estimate of drug-likeness (QED) is 0.642. The molecule has 0 aromatic carbocycles. The van der Waals surface area contributed by atoms with Crippen LogP contribution in [0.4, 0.5) is 0 Å². The first-order valence-corrected chi connectivity index (χ1v) is 7.00. The molecule has 2 unspecified atom stereocenters.